The maximum Gasteiger partial charge on any atom is 0.259 e. The molecule has 4 rings (SSSR count). The zero-order valence-electron chi connectivity index (χ0n) is 15.6. The SMILES string of the molecule is Cc1noc(C)c1CN1CCO[C@H]2CN(C(=O)c3c(C)noc3C)C[C@H]21. The number of hydrogen-bond acceptors (Lipinski definition) is 7. The van der Waals surface area contributed by atoms with Crippen LogP contribution in [0.4, 0.5) is 0 Å². The van der Waals surface area contributed by atoms with E-state index in [1.54, 1.807) is 13.8 Å². The van der Waals surface area contributed by atoms with Crippen LogP contribution in [-0.2, 0) is 11.3 Å². The molecule has 2 atom stereocenters. The van der Waals surface area contributed by atoms with Gasteiger partial charge in [-0.05, 0) is 27.7 Å². The van der Waals surface area contributed by atoms with Gasteiger partial charge in [0, 0.05) is 31.7 Å². The lowest BCUT2D eigenvalue weighted by atomic mass is 10.1. The standard InChI is InChI=1S/C18H24N4O4/c1-10-14(12(3)25-19-10)7-21-5-6-24-16-9-22(8-15(16)21)18(23)17-11(2)20-26-13(17)4/h15-16H,5-9H2,1-4H3/t15-,16+/m1/s1. The van der Waals surface area contributed by atoms with Crippen LogP contribution in [0.5, 0.6) is 0 Å². The van der Waals surface area contributed by atoms with Crippen molar-refractivity contribution >= 4 is 5.91 Å². The number of aromatic nitrogens is 2. The van der Waals surface area contributed by atoms with Crippen molar-refractivity contribution in [1.29, 1.82) is 0 Å². The van der Waals surface area contributed by atoms with E-state index in [9.17, 15) is 4.79 Å². The Labute approximate surface area is 152 Å². The number of fused-ring (bicyclic) bond motifs is 1. The van der Waals surface area contributed by atoms with E-state index >= 15 is 0 Å². The number of likely N-dealkylation sites (tertiary alicyclic amines) is 1. The van der Waals surface area contributed by atoms with E-state index in [0.29, 0.717) is 36.7 Å². The topological polar surface area (TPSA) is 84.8 Å². The van der Waals surface area contributed by atoms with Gasteiger partial charge in [0.05, 0.1) is 30.1 Å². The number of carbonyl (C=O) groups is 1. The lowest BCUT2D eigenvalue weighted by molar-refractivity contribution is -0.0505. The van der Waals surface area contributed by atoms with Crippen LogP contribution in [0.1, 0.15) is 38.8 Å². The molecular weight excluding hydrogens is 336 g/mol. The molecule has 2 aromatic rings. The summed E-state index contributed by atoms with van der Waals surface area (Å²) in [6.45, 7) is 11.0. The lowest BCUT2D eigenvalue weighted by Gasteiger charge is -2.36. The van der Waals surface area contributed by atoms with Crippen molar-refractivity contribution in [1.82, 2.24) is 20.1 Å². The van der Waals surface area contributed by atoms with Gasteiger partial charge in [0.2, 0.25) is 0 Å². The summed E-state index contributed by atoms with van der Waals surface area (Å²) in [7, 11) is 0. The average molecular weight is 360 g/mol. The number of ether oxygens (including phenoxy) is 1. The van der Waals surface area contributed by atoms with Gasteiger partial charge in [0.15, 0.2) is 0 Å². The van der Waals surface area contributed by atoms with Gasteiger partial charge in [-0.3, -0.25) is 9.69 Å². The molecule has 2 saturated heterocycles. The molecule has 140 valence electrons. The normalized spacial score (nSPS) is 23.5. The number of rotatable bonds is 3. The first-order valence-corrected chi connectivity index (χ1v) is 8.95. The van der Waals surface area contributed by atoms with E-state index in [1.165, 1.54) is 0 Å². The van der Waals surface area contributed by atoms with Gasteiger partial charge in [-0.15, -0.1) is 0 Å². The summed E-state index contributed by atoms with van der Waals surface area (Å²) in [5, 5.41) is 7.95. The summed E-state index contributed by atoms with van der Waals surface area (Å²) in [6, 6.07) is 0.168. The van der Waals surface area contributed by atoms with E-state index in [0.717, 1.165) is 30.1 Å². The number of aryl methyl sites for hydroxylation is 4. The molecule has 8 heteroatoms. The van der Waals surface area contributed by atoms with Gasteiger partial charge in [-0.1, -0.05) is 10.3 Å². The number of amides is 1. The van der Waals surface area contributed by atoms with E-state index < -0.39 is 0 Å². The van der Waals surface area contributed by atoms with E-state index in [1.807, 2.05) is 18.7 Å². The first kappa shape index (κ1) is 17.2. The molecule has 2 aromatic heterocycles. The zero-order chi connectivity index (χ0) is 18.4. The predicted molar refractivity (Wildman–Crippen MR) is 91.8 cm³/mol. The minimum Gasteiger partial charge on any atom is -0.373 e. The molecule has 0 aromatic carbocycles. The monoisotopic (exact) mass is 360 g/mol. The number of hydrogen-bond donors (Lipinski definition) is 0. The van der Waals surface area contributed by atoms with Crippen molar-refractivity contribution in [3.63, 3.8) is 0 Å². The number of nitrogens with zero attached hydrogens (tertiary/aromatic N) is 4. The zero-order valence-corrected chi connectivity index (χ0v) is 15.6. The van der Waals surface area contributed by atoms with Crippen LogP contribution in [0.3, 0.4) is 0 Å². The maximum atomic E-state index is 13.0. The van der Waals surface area contributed by atoms with Crippen molar-refractivity contribution in [2.24, 2.45) is 0 Å². The lowest BCUT2D eigenvalue weighted by Crippen LogP contribution is -2.50. The molecule has 2 aliphatic heterocycles. The van der Waals surface area contributed by atoms with E-state index in [2.05, 4.69) is 15.2 Å². The van der Waals surface area contributed by atoms with Crippen LogP contribution in [0, 0.1) is 27.7 Å². The molecule has 2 fully saturated rings. The Kier molecular flexibility index (Phi) is 4.32. The second kappa shape index (κ2) is 6.51. The first-order valence-electron chi connectivity index (χ1n) is 8.95. The van der Waals surface area contributed by atoms with Crippen LogP contribution in [0.15, 0.2) is 9.05 Å². The van der Waals surface area contributed by atoms with Crippen LogP contribution in [-0.4, -0.2) is 64.4 Å². The van der Waals surface area contributed by atoms with E-state index in [-0.39, 0.29) is 18.1 Å². The van der Waals surface area contributed by atoms with Crippen LogP contribution in [0.25, 0.3) is 0 Å². The molecule has 0 radical (unpaired) electrons. The summed E-state index contributed by atoms with van der Waals surface area (Å²) in [5.74, 6) is 1.39. The minimum absolute atomic E-state index is 0.0219. The van der Waals surface area contributed by atoms with Crippen LogP contribution < -0.4 is 0 Å². The Morgan fingerprint density at radius 3 is 2.46 bits per heavy atom. The average Bonchev–Trinajstić information content (AvgIpc) is 3.28. The summed E-state index contributed by atoms with van der Waals surface area (Å²) in [6.07, 6.45) is 0.0219. The molecule has 1 amide bonds. The predicted octanol–water partition coefficient (Wildman–Crippen LogP) is 1.62. The van der Waals surface area contributed by atoms with Gasteiger partial charge in [0.1, 0.15) is 17.1 Å². The van der Waals surface area contributed by atoms with E-state index in [4.69, 9.17) is 13.8 Å². The van der Waals surface area contributed by atoms with Crippen LogP contribution in [0.2, 0.25) is 0 Å². The quantitative estimate of drug-likeness (QED) is 0.822. The highest BCUT2D eigenvalue weighted by Gasteiger charge is 2.43. The molecule has 2 aliphatic rings. The van der Waals surface area contributed by atoms with Crippen molar-refractivity contribution < 1.29 is 18.6 Å². The second-order valence-electron chi connectivity index (χ2n) is 7.16. The molecule has 8 nitrogen and oxygen atoms in total. The summed E-state index contributed by atoms with van der Waals surface area (Å²) in [5.41, 5.74) is 3.25. The van der Waals surface area contributed by atoms with Gasteiger partial charge in [-0.2, -0.15) is 0 Å². The fourth-order valence-corrected chi connectivity index (χ4v) is 4.00. The first-order chi connectivity index (χ1) is 12.5. The molecule has 26 heavy (non-hydrogen) atoms. The Morgan fingerprint density at radius 2 is 1.81 bits per heavy atom. The smallest absolute Gasteiger partial charge is 0.259 e. The Balaban J connectivity index is 1.52. The fraction of sp³-hybridized carbons (Fsp3) is 0.611. The minimum atomic E-state index is -0.0310. The fourth-order valence-electron chi connectivity index (χ4n) is 4.00. The van der Waals surface area contributed by atoms with Crippen molar-refractivity contribution in [3.8, 4) is 0 Å². The highest BCUT2D eigenvalue weighted by Crippen LogP contribution is 2.28. The van der Waals surface area contributed by atoms with Gasteiger partial charge in [-0.25, -0.2) is 0 Å². The Bertz CT molecular complexity index is 788. The van der Waals surface area contributed by atoms with Gasteiger partial charge in [0.25, 0.3) is 5.91 Å². The van der Waals surface area contributed by atoms with Gasteiger partial charge < -0.3 is 18.7 Å². The Morgan fingerprint density at radius 1 is 1.08 bits per heavy atom. The maximum absolute atomic E-state index is 13.0. The molecule has 0 saturated carbocycles. The highest BCUT2D eigenvalue weighted by atomic mass is 16.5. The van der Waals surface area contributed by atoms with Crippen molar-refractivity contribution in [2.75, 3.05) is 26.2 Å². The highest BCUT2D eigenvalue weighted by molar-refractivity contribution is 5.96. The summed E-state index contributed by atoms with van der Waals surface area (Å²) >= 11 is 0. The molecule has 4 heterocycles. The summed E-state index contributed by atoms with van der Waals surface area (Å²) in [4.78, 5) is 17.2. The number of carbonyl (C=O) groups excluding carboxylic acids is 1. The van der Waals surface area contributed by atoms with Crippen LogP contribution >= 0.6 is 0 Å². The Hall–Kier alpha value is -2.19. The second-order valence-corrected chi connectivity index (χ2v) is 7.16. The van der Waals surface area contributed by atoms with Crippen molar-refractivity contribution in [3.05, 3.63) is 34.0 Å². The third kappa shape index (κ3) is 2.83. The number of morpholine rings is 1. The van der Waals surface area contributed by atoms with Crippen molar-refractivity contribution in [2.45, 2.75) is 46.4 Å². The molecular formula is C18H24N4O4. The third-order valence-electron chi connectivity index (χ3n) is 5.49. The third-order valence-corrected chi connectivity index (χ3v) is 5.49. The molecule has 0 bridgehead atoms. The molecule has 0 aliphatic carbocycles. The molecule has 0 N–H and O–H groups in total. The van der Waals surface area contributed by atoms with Gasteiger partial charge >= 0.3 is 0 Å². The summed E-state index contributed by atoms with van der Waals surface area (Å²) < 4.78 is 16.4. The largest absolute Gasteiger partial charge is 0.373 e. The molecule has 0 spiro atoms. The molecule has 0 unspecified atom stereocenters.